The minimum atomic E-state index is 0.0535. The summed E-state index contributed by atoms with van der Waals surface area (Å²) in [5.74, 6) is 0.180. The largest absolute Gasteiger partial charge is 0.396 e. The fourth-order valence-electron chi connectivity index (χ4n) is 0.937. The van der Waals surface area contributed by atoms with Gasteiger partial charge >= 0.3 is 0 Å². The Bertz CT molecular complexity index is 122. The molecule has 1 unspecified atom stereocenters. The van der Waals surface area contributed by atoms with Crippen molar-refractivity contribution >= 4 is 5.91 Å². The SMILES string of the molecule is CCCNC(=O)CC(CC)CO. The van der Waals surface area contributed by atoms with E-state index in [1.54, 1.807) is 0 Å². The summed E-state index contributed by atoms with van der Waals surface area (Å²) in [6.45, 7) is 4.84. The van der Waals surface area contributed by atoms with Crippen LogP contribution in [0.4, 0.5) is 0 Å². The molecule has 72 valence electrons. The molecule has 0 aliphatic carbocycles. The predicted octanol–water partition coefficient (Wildman–Crippen LogP) is 0.921. The fourth-order valence-corrected chi connectivity index (χ4v) is 0.937. The lowest BCUT2D eigenvalue weighted by molar-refractivity contribution is -0.122. The topological polar surface area (TPSA) is 49.3 Å². The second-order valence-corrected chi connectivity index (χ2v) is 3.01. The molecular formula is C9H19NO2. The molecule has 3 heteroatoms. The fraction of sp³-hybridized carbons (Fsp3) is 0.889. The van der Waals surface area contributed by atoms with Crippen LogP contribution in [-0.4, -0.2) is 24.2 Å². The van der Waals surface area contributed by atoms with Gasteiger partial charge in [-0.05, 0) is 12.3 Å². The van der Waals surface area contributed by atoms with Gasteiger partial charge in [0.1, 0.15) is 0 Å². The third kappa shape index (κ3) is 5.13. The van der Waals surface area contributed by atoms with Gasteiger partial charge in [-0.2, -0.15) is 0 Å². The van der Waals surface area contributed by atoms with E-state index in [9.17, 15) is 4.79 Å². The number of hydrogen-bond donors (Lipinski definition) is 2. The van der Waals surface area contributed by atoms with Crippen molar-refractivity contribution in [2.45, 2.75) is 33.1 Å². The zero-order valence-corrected chi connectivity index (χ0v) is 7.97. The molecule has 12 heavy (non-hydrogen) atoms. The number of nitrogens with one attached hydrogen (secondary N) is 1. The van der Waals surface area contributed by atoms with E-state index in [-0.39, 0.29) is 18.4 Å². The number of aliphatic hydroxyl groups is 1. The lowest BCUT2D eigenvalue weighted by Crippen LogP contribution is -2.26. The molecule has 0 saturated carbocycles. The maximum absolute atomic E-state index is 11.1. The molecule has 3 nitrogen and oxygen atoms in total. The summed E-state index contributed by atoms with van der Waals surface area (Å²) >= 11 is 0. The van der Waals surface area contributed by atoms with E-state index >= 15 is 0 Å². The Kier molecular flexibility index (Phi) is 6.76. The van der Waals surface area contributed by atoms with Gasteiger partial charge in [0.25, 0.3) is 0 Å². The van der Waals surface area contributed by atoms with Crippen molar-refractivity contribution in [3.8, 4) is 0 Å². The van der Waals surface area contributed by atoms with Crippen LogP contribution < -0.4 is 5.32 Å². The molecular weight excluding hydrogens is 154 g/mol. The molecule has 0 fully saturated rings. The summed E-state index contributed by atoms with van der Waals surface area (Å²) in [6, 6.07) is 0. The quantitative estimate of drug-likeness (QED) is 0.627. The predicted molar refractivity (Wildman–Crippen MR) is 48.8 cm³/mol. The Balaban J connectivity index is 3.52. The van der Waals surface area contributed by atoms with Crippen LogP contribution in [0.5, 0.6) is 0 Å². The summed E-state index contributed by atoms with van der Waals surface area (Å²) in [6.07, 6.45) is 2.27. The lowest BCUT2D eigenvalue weighted by Gasteiger charge is -2.10. The van der Waals surface area contributed by atoms with Crippen LogP contribution in [0.15, 0.2) is 0 Å². The molecule has 1 atom stereocenters. The van der Waals surface area contributed by atoms with Gasteiger partial charge in [0, 0.05) is 19.6 Å². The van der Waals surface area contributed by atoms with E-state index in [0.717, 1.165) is 19.4 Å². The van der Waals surface area contributed by atoms with Gasteiger partial charge < -0.3 is 10.4 Å². The Morgan fingerprint density at radius 2 is 2.17 bits per heavy atom. The number of aliphatic hydroxyl groups excluding tert-OH is 1. The van der Waals surface area contributed by atoms with Crippen LogP contribution in [0, 0.1) is 5.92 Å². The minimum absolute atomic E-state index is 0.0535. The highest BCUT2D eigenvalue weighted by Crippen LogP contribution is 2.05. The molecule has 0 aliphatic rings. The van der Waals surface area contributed by atoms with Crippen molar-refractivity contribution in [1.82, 2.24) is 5.32 Å². The molecule has 0 aromatic carbocycles. The average Bonchev–Trinajstić information content (AvgIpc) is 2.10. The molecule has 0 aliphatic heterocycles. The van der Waals surface area contributed by atoms with Crippen molar-refractivity contribution in [1.29, 1.82) is 0 Å². The lowest BCUT2D eigenvalue weighted by atomic mass is 10.0. The summed E-state index contributed by atoms with van der Waals surface area (Å²) < 4.78 is 0. The zero-order valence-electron chi connectivity index (χ0n) is 7.97. The van der Waals surface area contributed by atoms with Gasteiger partial charge in [0.2, 0.25) is 5.91 Å². The summed E-state index contributed by atoms with van der Waals surface area (Å²) in [4.78, 5) is 11.1. The molecule has 0 aromatic rings. The highest BCUT2D eigenvalue weighted by atomic mass is 16.3. The van der Waals surface area contributed by atoms with Crippen LogP contribution in [0.25, 0.3) is 0 Å². The Hall–Kier alpha value is -0.570. The average molecular weight is 173 g/mol. The highest BCUT2D eigenvalue weighted by Gasteiger charge is 2.09. The number of hydrogen-bond acceptors (Lipinski definition) is 2. The maximum Gasteiger partial charge on any atom is 0.220 e. The molecule has 0 saturated heterocycles. The van der Waals surface area contributed by atoms with E-state index < -0.39 is 0 Å². The van der Waals surface area contributed by atoms with Crippen LogP contribution >= 0.6 is 0 Å². The number of rotatable bonds is 6. The van der Waals surface area contributed by atoms with Crippen LogP contribution in [0.3, 0.4) is 0 Å². The van der Waals surface area contributed by atoms with E-state index in [2.05, 4.69) is 5.32 Å². The second-order valence-electron chi connectivity index (χ2n) is 3.01. The first-order valence-electron chi connectivity index (χ1n) is 4.62. The Morgan fingerprint density at radius 1 is 1.50 bits per heavy atom. The first-order valence-corrected chi connectivity index (χ1v) is 4.62. The van der Waals surface area contributed by atoms with E-state index in [4.69, 9.17) is 5.11 Å². The number of carbonyl (C=O) groups is 1. The van der Waals surface area contributed by atoms with E-state index in [1.165, 1.54) is 0 Å². The Morgan fingerprint density at radius 3 is 2.58 bits per heavy atom. The van der Waals surface area contributed by atoms with E-state index in [1.807, 2.05) is 13.8 Å². The molecule has 0 spiro atoms. The van der Waals surface area contributed by atoms with Gasteiger partial charge in [0.15, 0.2) is 0 Å². The first-order chi connectivity index (χ1) is 5.74. The zero-order chi connectivity index (χ0) is 9.40. The second kappa shape index (κ2) is 7.10. The third-order valence-electron chi connectivity index (χ3n) is 1.88. The molecule has 0 rings (SSSR count). The van der Waals surface area contributed by atoms with Crippen molar-refractivity contribution in [3.63, 3.8) is 0 Å². The van der Waals surface area contributed by atoms with Gasteiger partial charge in [-0.3, -0.25) is 4.79 Å². The van der Waals surface area contributed by atoms with Gasteiger partial charge in [0.05, 0.1) is 0 Å². The smallest absolute Gasteiger partial charge is 0.220 e. The van der Waals surface area contributed by atoms with Crippen LogP contribution in [0.2, 0.25) is 0 Å². The van der Waals surface area contributed by atoms with Crippen molar-refractivity contribution < 1.29 is 9.90 Å². The number of amides is 1. The van der Waals surface area contributed by atoms with Crippen LogP contribution in [0.1, 0.15) is 33.1 Å². The highest BCUT2D eigenvalue weighted by molar-refractivity contribution is 5.76. The van der Waals surface area contributed by atoms with Gasteiger partial charge in [-0.25, -0.2) is 0 Å². The molecule has 0 radical (unpaired) electrons. The molecule has 0 aromatic heterocycles. The molecule has 2 N–H and O–H groups in total. The summed E-state index contributed by atoms with van der Waals surface area (Å²) in [5, 5.41) is 11.6. The van der Waals surface area contributed by atoms with E-state index in [0.29, 0.717) is 6.42 Å². The molecule has 1 amide bonds. The van der Waals surface area contributed by atoms with Crippen molar-refractivity contribution in [2.24, 2.45) is 5.92 Å². The molecule has 0 bridgehead atoms. The number of carbonyl (C=O) groups excluding carboxylic acids is 1. The minimum Gasteiger partial charge on any atom is -0.396 e. The molecule has 0 heterocycles. The normalized spacial score (nSPS) is 12.6. The maximum atomic E-state index is 11.1. The standard InChI is InChI=1S/C9H19NO2/c1-3-5-10-9(12)6-8(4-2)7-11/h8,11H,3-7H2,1-2H3,(H,10,12). The van der Waals surface area contributed by atoms with Gasteiger partial charge in [-0.15, -0.1) is 0 Å². The summed E-state index contributed by atoms with van der Waals surface area (Å²) in [7, 11) is 0. The van der Waals surface area contributed by atoms with Crippen molar-refractivity contribution in [3.05, 3.63) is 0 Å². The third-order valence-corrected chi connectivity index (χ3v) is 1.88. The van der Waals surface area contributed by atoms with Gasteiger partial charge in [-0.1, -0.05) is 20.3 Å². The Labute approximate surface area is 74.2 Å². The summed E-state index contributed by atoms with van der Waals surface area (Å²) in [5.41, 5.74) is 0. The monoisotopic (exact) mass is 173 g/mol. The van der Waals surface area contributed by atoms with Crippen LogP contribution in [-0.2, 0) is 4.79 Å². The first kappa shape index (κ1) is 11.4. The van der Waals surface area contributed by atoms with Crippen molar-refractivity contribution in [2.75, 3.05) is 13.2 Å².